The number of ether oxygens (including phenoxy) is 1. The van der Waals surface area contributed by atoms with Crippen LogP contribution in [0.25, 0.3) is 22.4 Å². The first-order valence-corrected chi connectivity index (χ1v) is 11.7. The molecular weight excluding hydrogens is 461 g/mol. The molecule has 3 rings (SSSR count). The number of benzene rings is 2. The predicted molar refractivity (Wildman–Crippen MR) is 114 cm³/mol. The Bertz CT molecular complexity index is 1250. The molecule has 0 N–H and O–H groups in total. The van der Waals surface area contributed by atoms with Gasteiger partial charge in [-0.3, -0.25) is 0 Å². The van der Waals surface area contributed by atoms with Crippen molar-refractivity contribution >= 4 is 15.8 Å². The molecule has 0 unspecified atom stereocenters. The Kier molecular flexibility index (Phi) is 6.82. The highest BCUT2D eigenvalue weighted by Gasteiger charge is 2.42. The summed E-state index contributed by atoms with van der Waals surface area (Å²) in [5.74, 6) is -0.432. The molecule has 0 fully saturated rings. The van der Waals surface area contributed by atoms with Crippen molar-refractivity contribution in [3.8, 4) is 28.1 Å². The first-order chi connectivity index (χ1) is 15.5. The van der Waals surface area contributed by atoms with E-state index < -0.39 is 27.7 Å². The van der Waals surface area contributed by atoms with Gasteiger partial charge in [-0.1, -0.05) is 36.0 Å². The third-order valence-corrected chi connectivity index (χ3v) is 5.83. The number of sulfone groups is 1. The molecule has 0 atom stereocenters. The third kappa shape index (κ3) is 5.36. The number of halogens is 3. The molecule has 0 spiro atoms. The van der Waals surface area contributed by atoms with Gasteiger partial charge in [0, 0.05) is 23.8 Å². The van der Waals surface area contributed by atoms with Gasteiger partial charge >= 0.3 is 12.1 Å². The Morgan fingerprint density at radius 1 is 1.03 bits per heavy atom. The lowest BCUT2D eigenvalue weighted by atomic mass is 9.98. The van der Waals surface area contributed by atoms with Crippen molar-refractivity contribution in [2.75, 3.05) is 13.4 Å². The van der Waals surface area contributed by atoms with E-state index in [0.29, 0.717) is 12.2 Å². The van der Waals surface area contributed by atoms with Gasteiger partial charge in [0.25, 0.3) is 0 Å². The normalized spacial score (nSPS) is 11.9. The van der Waals surface area contributed by atoms with Crippen LogP contribution in [0.1, 0.15) is 25.5 Å². The van der Waals surface area contributed by atoms with Crippen LogP contribution >= 0.6 is 0 Å². The highest BCUT2D eigenvalue weighted by atomic mass is 32.2. The van der Waals surface area contributed by atoms with Crippen molar-refractivity contribution in [2.45, 2.75) is 30.8 Å². The van der Waals surface area contributed by atoms with E-state index in [1.54, 1.807) is 6.92 Å². The van der Waals surface area contributed by atoms with Gasteiger partial charge in [-0.25, -0.2) is 13.2 Å². The van der Waals surface area contributed by atoms with Gasteiger partial charge in [0.05, 0.1) is 12.0 Å². The summed E-state index contributed by atoms with van der Waals surface area (Å²) in [6.07, 6.45) is -3.60. The van der Waals surface area contributed by atoms with Gasteiger partial charge in [0.2, 0.25) is 0 Å². The van der Waals surface area contributed by atoms with E-state index in [1.807, 2.05) is 0 Å². The number of hydrogen-bond acceptors (Lipinski definition) is 6. The first-order valence-electron chi connectivity index (χ1n) is 9.82. The van der Waals surface area contributed by atoms with Crippen molar-refractivity contribution in [2.24, 2.45) is 0 Å². The van der Waals surface area contributed by atoms with Crippen LogP contribution in [0.4, 0.5) is 13.2 Å². The molecule has 176 valence electrons. The molecule has 7 nitrogen and oxygen atoms in total. The number of hydrogen-bond donors (Lipinski definition) is 0. The van der Waals surface area contributed by atoms with Crippen LogP contribution in [0.3, 0.4) is 0 Å². The lowest BCUT2D eigenvalue weighted by Gasteiger charge is -2.12. The molecular formula is C22H21F3N2O5S. The smallest absolute Gasteiger partial charge is 0.437 e. The topological polar surface area (TPSA) is 87.5 Å². The fourth-order valence-corrected chi connectivity index (χ4v) is 3.78. The summed E-state index contributed by atoms with van der Waals surface area (Å²) in [4.78, 5) is 17.1. The van der Waals surface area contributed by atoms with Crippen LogP contribution in [0.2, 0.25) is 0 Å². The molecule has 3 aromatic rings. The largest absolute Gasteiger partial charge is 0.497 e. The summed E-state index contributed by atoms with van der Waals surface area (Å²) in [5.41, 5.74) is -1.34. The van der Waals surface area contributed by atoms with Gasteiger partial charge in [0.1, 0.15) is 11.4 Å². The molecule has 0 amide bonds. The Balaban J connectivity index is 2.28. The lowest BCUT2D eigenvalue weighted by Crippen LogP contribution is -2.26. The van der Waals surface area contributed by atoms with Gasteiger partial charge in [-0.2, -0.15) is 13.2 Å². The molecule has 11 heteroatoms. The second-order valence-corrected chi connectivity index (χ2v) is 9.20. The zero-order valence-corrected chi connectivity index (χ0v) is 18.8. The van der Waals surface area contributed by atoms with Crippen molar-refractivity contribution in [1.29, 1.82) is 0 Å². The van der Waals surface area contributed by atoms with Crippen molar-refractivity contribution in [1.82, 2.24) is 9.94 Å². The van der Waals surface area contributed by atoms with Crippen LogP contribution < -0.4 is 9.57 Å². The second kappa shape index (κ2) is 9.26. The van der Waals surface area contributed by atoms with Crippen LogP contribution in [-0.2, 0) is 20.8 Å². The summed E-state index contributed by atoms with van der Waals surface area (Å²) in [7, 11) is -2.08. The lowest BCUT2D eigenvalue weighted by molar-refractivity contribution is -0.162. The molecule has 0 saturated heterocycles. The molecule has 0 bridgehead atoms. The number of methoxy groups -OCH3 is 1. The number of rotatable bonds is 7. The zero-order chi connectivity index (χ0) is 24.4. The SMILES string of the molecule is CCCC(=O)On1nc(-c2ccc(S(C)(=O)=O)cc2)c(-c2ccc(OC)cc2)c1C(F)(F)F. The molecule has 1 aromatic heterocycles. The van der Waals surface area contributed by atoms with E-state index >= 15 is 0 Å². The Labute approximate surface area is 188 Å². The van der Waals surface area contributed by atoms with E-state index in [-0.39, 0.29) is 38.5 Å². The molecule has 0 saturated carbocycles. The van der Waals surface area contributed by atoms with Gasteiger partial charge in [0.15, 0.2) is 15.5 Å². The van der Waals surface area contributed by atoms with Crippen LogP contribution in [0, 0.1) is 0 Å². The van der Waals surface area contributed by atoms with Crippen molar-refractivity contribution < 1.29 is 36.0 Å². The van der Waals surface area contributed by atoms with E-state index in [0.717, 1.165) is 6.26 Å². The summed E-state index contributed by atoms with van der Waals surface area (Å²) in [6.45, 7) is 1.69. The standard InChI is InChI=1S/C22H21F3N2O5S/c1-4-5-18(28)32-27-21(22(23,24)25)19(14-6-10-16(31-2)11-7-14)20(26-27)15-8-12-17(13-9-15)33(3,29)30/h6-13H,4-5H2,1-3H3. The maximum absolute atomic E-state index is 14.2. The number of carbonyl (C=O) groups excluding carboxylic acids is 1. The Morgan fingerprint density at radius 2 is 1.61 bits per heavy atom. The molecule has 33 heavy (non-hydrogen) atoms. The molecule has 0 aliphatic heterocycles. The van der Waals surface area contributed by atoms with Gasteiger partial charge < -0.3 is 9.57 Å². The van der Waals surface area contributed by atoms with E-state index in [1.165, 1.54) is 55.6 Å². The molecule has 0 aliphatic carbocycles. The zero-order valence-electron chi connectivity index (χ0n) is 18.0. The number of alkyl halides is 3. The monoisotopic (exact) mass is 482 g/mol. The minimum Gasteiger partial charge on any atom is -0.497 e. The van der Waals surface area contributed by atoms with E-state index in [4.69, 9.17) is 9.57 Å². The molecule has 0 radical (unpaired) electrons. The average molecular weight is 482 g/mol. The first kappa shape index (κ1) is 24.3. The summed E-state index contributed by atoms with van der Waals surface area (Å²) in [5, 5.41) is 3.95. The predicted octanol–water partition coefficient (Wildman–Crippen LogP) is 4.40. The minimum atomic E-state index is -4.92. The number of nitrogens with zero attached hydrogens (tertiary/aromatic N) is 2. The van der Waals surface area contributed by atoms with E-state index in [2.05, 4.69) is 5.10 Å². The summed E-state index contributed by atoms with van der Waals surface area (Å²) in [6, 6.07) is 11.1. The summed E-state index contributed by atoms with van der Waals surface area (Å²) >= 11 is 0. The minimum absolute atomic E-state index is 0.00194. The fourth-order valence-electron chi connectivity index (χ4n) is 3.15. The van der Waals surface area contributed by atoms with Crippen LogP contribution in [0.5, 0.6) is 5.75 Å². The van der Waals surface area contributed by atoms with E-state index in [9.17, 15) is 26.4 Å². The Hall–Kier alpha value is -3.34. The maximum Gasteiger partial charge on any atom is 0.437 e. The molecule has 1 heterocycles. The van der Waals surface area contributed by atoms with Gasteiger partial charge in [-0.05, 0) is 36.2 Å². The van der Waals surface area contributed by atoms with Crippen LogP contribution in [-0.4, -0.2) is 37.7 Å². The number of aromatic nitrogens is 2. The average Bonchev–Trinajstić information content (AvgIpc) is 3.13. The Morgan fingerprint density at radius 3 is 2.09 bits per heavy atom. The summed E-state index contributed by atoms with van der Waals surface area (Å²) < 4.78 is 71.1. The van der Waals surface area contributed by atoms with Gasteiger partial charge in [-0.15, -0.1) is 5.10 Å². The highest BCUT2D eigenvalue weighted by molar-refractivity contribution is 7.90. The fraction of sp³-hybridized carbons (Fsp3) is 0.273. The second-order valence-electron chi connectivity index (χ2n) is 7.18. The third-order valence-electron chi connectivity index (χ3n) is 4.70. The van der Waals surface area contributed by atoms with Crippen molar-refractivity contribution in [3.63, 3.8) is 0 Å². The van der Waals surface area contributed by atoms with Crippen molar-refractivity contribution in [3.05, 3.63) is 54.2 Å². The maximum atomic E-state index is 14.2. The molecule has 2 aromatic carbocycles. The number of carbonyl (C=O) groups is 1. The quantitative estimate of drug-likeness (QED) is 0.496. The molecule has 0 aliphatic rings. The highest BCUT2D eigenvalue weighted by Crippen LogP contribution is 2.42. The van der Waals surface area contributed by atoms with Crippen LogP contribution in [0.15, 0.2) is 53.4 Å².